The number of likely N-dealkylation sites (tertiary alicyclic amines) is 1. The van der Waals surface area contributed by atoms with E-state index in [-0.39, 0.29) is 12.2 Å². The highest BCUT2D eigenvalue weighted by Gasteiger charge is 2.33. The second-order valence-electron chi connectivity index (χ2n) is 6.83. The Morgan fingerprint density at radius 3 is 2.48 bits per heavy atom. The summed E-state index contributed by atoms with van der Waals surface area (Å²) in [6.45, 7) is 8.76. The first kappa shape index (κ1) is 16.9. The van der Waals surface area contributed by atoms with Gasteiger partial charge in [-0.1, -0.05) is 0 Å². The number of fused-ring (bicyclic) bond motifs is 1. The van der Waals surface area contributed by atoms with Crippen molar-refractivity contribution in [3.63, 3.8) is 0 Å². The van der Waals surface area contributed by atoms with E-state index in [4.69, 9.17) is 9.47 Å². The first-order chi connectivity index (χ1) is 12.0. The molecule has 4 rings (SSSR count). The minimum Gasteiger partial charge on any atom is -0.350 e. The van der Waals surface area contributed by atoms with Gasteiger partial charge in [0.25, 0.3) is 5.91 Å². The predicted molar refractivity (Wildman–Crippen MR) is 95.9 cm³/mol. The Kier molecular flexibility index (Phi) is 4.47. The molecule has 7 heteroatoms. The number of carbonyl (C=O) groups excluding carboxylic acids is 1. The third kappa shape index (κ3) is 3.05. The van der Waals surface area contributed by atoms with Gasteiger partial charge in [0.15, 0.2) is 6.29 Å². The van der Waals surface area contributed by atoms with E-state index in [0.29, 0.717) is 19.1 Å². The van der Waals surface area contributed by atoms with Gasteiger partial charge in [0.05, 0.1) is 18.1 Å². The van der Waals surface area contributed by atoms with Crippen LogP contribution >= 0.6 is 11.3 Å². The largest absolute Gasteiger partial charge is 0.350 e. The van der Waals surface area contributed by atoms with Crippen LogP contribution in [0.5, 0.6) is 0 Å². The van der Waals surface area contributed by atoms with Crippen LogP contribution in [0.15, 0.2) is 0 Å². The molecule has 6 nitrogen and oxygen atoms in total. The minimum atomic E-state index is -0.0794. The van der Waals surface area contributed by atoms with Crippen molar-refractivity contribution in [3.05, 3.63) is 22.0 Å². The standard InChI is InChI=1S/C18H23N3O3S/c1-10-14-11(2)19-12(3)20-16(14)25-15(10)17(22)21-6-4-13(5-7-21)18-23-8-9-24-18/h13,18H,4-9H2,1-3H3. The highest BCUT2D eigenvalue weighted by molar-refractivity contribution is 7.20. The quantitative estimate of drug-likeness (QED) is 0.823. The van der Waals surface area contributed by atoms with Gasteiger partial charge in [-0.3, -0.25) is 4.79 Å². The molecular formula is C18H23N3O3S. The van der Waals surface area contributed by atoms with Crippen LogP contribution in [0.3, 0.4) is 0 Å². The summed E-state index contributed by atoms with van der Waals surface area (Å²) in [7, 11) is 0. The number of ether oxygens (including phenoxy) is 2. The number of hydrogen-bond acceptors (Lipinski definition) is 6. The van der Waals surface area contributed by atoms with Gasteiger partial charge in [-0.15, -0.1) is 11.3 Å². The van der Waals surface area contributed by atoms with Gasteiger partial charge in [0.1, 0.15) is 10.7 Å². The van der Waals surface area contributed by atoms with Crippen LogP contribution < -0.4 is 0 Å². The summed E-state index contributed by atoms with van der Waals surface area (Å²) in [5.74, 6) is 1.26. The van der Waals surface area contributed by atoms with Crippen LogP contribution in [0.25, 0.3) is 10.2 Å². The number of amides is 1. The van der Waals surface area contributed by atoms with Gasteiger partial charge >= 0.3 is 0 Å². The molecule has 0 aliphatic carbocycles. The molecular weight excluding hydrogens is 338 g/mol. The lowest BCUT2D eigenvalue weighted by atomic mass is 9.96. The van der Waals surface area contributed by atoms with Gasteiger partial charge in [-0.25, -0.2) is 9.97 Å². The van der Waals surface area contributed by atoms with Crippen molar-refractivity contribution in [1.82, 2.24) is 14.9 Å². The highest BCUT2D eigenvalue weighted by Crippen LogP contribution is 2.33. The molecule has 0 spiro atoms. The normalized spacial score (nSPS) is 19.9. The van der Waals surface area contributed by atoms with Crippen molar-refractivity contribution in [2.24, 2.45) is 5.92 Å². The van der Waals surface area contributed by atoms with Gasteiger partial charge in [-0.05, 0) is 39.2 Å². The van der Waals surface area contributed by atoms with Crippen molar-refractivity contribution in [3.8, 4) is 0 Å². The average Bonchev–Trinajstić information content (AvgIpc) is 3.23. The van der Waals surface area contributed by atoms with E-state index in [1.165, 1.54) is 11.3 Å². The Bertz CT molecular complexity index is 805. The zero-order chi connectivity index (χ0) is 17.6. The van der Waals surface area contributed by atoms with Crippen LogP contribution in [-0.2, 0) is 9.47 Å². The maximum Gasteiger partial charge on any atom is 0.264 e. The number of rotatable bonds is 2. The third-order valence-electron chi connectivity index (χ3n) is 5.14. The summed E-state index contributed by atoms with van der Waals surface area (Å²) >= 11 is 1.49. The van der Waals surface area contributed by atoms with E-state index in [0.717, 1.165) is 58.1 Å². The topological polar surface area (TPSA) is 64.6 Å². The summed E-state index contributed by atoms with van der Waals surface area (Å²) in [5, 5.41) is 1.03. The lowest BCUT2D eigenvalue weighted by molar-refractivity contribution is -0.0956. The second-order valence-corrected chi connectivity index (χ2v) is 7.83. The molecule has 1 amide bonds. The first-order valence-corrected chi connectivity index (χ1v) is 9.63. The summed E-state index contributed by atoms with van der Waals surface area (Å²) in [4.78, 5) is 25.7. The fourth-order valence-electron chi connectivity index (χ4n) is 3.84. The van der Waals surface area contributed by atoms with E-state index in [1.807, 2.05) is 25.7 Å². The smallest absolute Gasteiger partial charge is 0.264 e. The molecule has 0 radical (unpaired) electrons. The number of carbonyl (C=O) groups is 1. The number of thiophene rings is 1. The summed E-state index contributed by atoms with van der Waals surface area (Å²) in [6.07, 6.45) is 1.78. The van der Waals surface area contributed by atoms with Gasteiger partial charge < -0.3 is 14.4 Å². The Morgan fingerprint density at radius 1 is 1.12 bits per heavy atom. The van der Waals surface area contributed by atoms with Crippen molar-refractivity contribution < 1.29 is 14.3 Å². The maximum absolute atomic E-state index is 13.0. The number of aromatic nitrogens is 2. The molecule has 0 unspecified atom stereocenters. The Balaban J connectivity index is 1.52. The van der Waals surface area contributed by atoms with E-state index < -0.39 is 0 Å². The molecule has 0 N–H and O–H groups in total. The Hall–Kier alpha value is -1.57. The Labute approximate surface area is 151 Å². The number of hydrogen-bond donors (Lipinski definition) is 0. The molecule has 2 aromatic rings. The zero-order valence-corrected chi connectivity index (χ0v) is 15.7. The second kappa shape index (κ2) is 6.63. The van der Waals surface area contributed by atoms with Crippen molar-refractivity contribution in [1.29, 1.82) is 0 Å². The van der Waals surface area contributed by atoms with Crippen LogP contribution in [0.4, 0.5) is 0 Å². The molecule has 2 fully saturated rings. The van der Waals surface area contributed by atoms with Crippen molar-refractivity contribution in [2.45, 2.75) is 39.9 Å². The van der Waals surface area contributed by atoms with E-state index >= 15 is 0 Å². The minimum absolute atomic E-state index is 0.0794. The molecule has 134 valence electrons. The molecule has 2 aliphatic rings. The lowest BCUT2D eigenvalue weighted by Gasteiger charge is -2.33. The summed E-state index contributed by atoms with van der Waals surface area (Å²) in [6, 6.07) is 0. The molecule has 0 atom stereocenters. The Morgan fingerprint density at radius 2 is 1.80 bits per heavy atom. The highest BCUT2D eigenvalue weighted by atomic mass is 32.1. The van der Waals surface area contributed by atoms with Crippen LogP contribution in [0.1, 0.15) is 39.6 Å². The fraction of sp³-hybridized carbons (Fsp3) is 0.611. The number of nitrogens with zero attached hydrogens (tertiary/aromatic N) is 3. The number of aryl methyl sites for hydroxylation is 3. The number of piperidine rings is 1. The van der Waals surface area contributed by atoms with Crippen LogP contribution in [0, 0.1) is 26.7 Å². The first-order valence-electron chi connectivity index (χ1n) is 8.81. The molecule has 2 saturated heterocycles. The third-order valence-corrected chi connectivity index (χ3v) is 6.31. The van der Waals surface area contributed by atoms with Crippen molar-refractivity contribution in [2.75, 3.05) is 26.3 Å². The SMILES string of the molecule is Cc1nc(C)c2c(C)c(C(=O)N3CCC(C4OCCO4)CC3)sc2n1. The molecule has 0 saturated carbocycles. The molecule has 25 heavy (non-hydrogen) atoms. The lowest BCUT2D eigenvalue weighted by Crippen LogP contribution is -2.41. The predicted octanol–water partition coefficient (Wildman–Crippen LogP) is 2.84. The average molecular weight is 361 g/mol. The monoisotopic (exact) mass is 361 g/mol. The molecule has 0 bridgehead atoms. The molecule has 4 heterocycles. The molecule has 2 aromatic heterocycles. The van der Waals surface area contributed by atoms with Gasteiger partial charge in [0.2, 0.25) is 0 Å². The van der Waals surface area contributed by atoms with Gasteiger partial charge in [0, 0.05) is 30.1 Å². The van der Waals surface area contributed by atoms with E-state index in [2.05, 4.69) is 9.97 Å². The van der Waals surface area contributed by atoms with Crippen LogP contribution in [-0.4, -0.2) is 53.4 Å². The zero-order valence-electron chi connectivity index (χ0n) is 14.9. The van der Waals surface area contributed by atoms with E-state index in [1.54, 1.807) is 0 Å². The van der Waals surface area contributed by atoms with Gasteiger partial charge in [-0.2, -0.15) is 0 Å². The van der Waals surface area contributed by atoms with E-state index in [9.17, 15) is 4.79 Å². The fourth-order valence-corrected chi connectivity index (χ4v) is 5.09. The van der Waals surface area contributed by atoms with Crippen LogP contribution in [0.2, 0.25) is 0 Å². The summed E-state index contributed by atoms with van der Waals surface area (Å²) < 4.78 is 11.2. The molecule has 0 aromatic carbocycles. The molecule has 2 aliphatic heterocycles. The summed E-state index contributed by atoms with van der Waals surface area (Å²) in [5.41, 5.74) is 1.96. The van der Waals surface area contributed by atoms with Crippen molar-refractivity contribution >= 4 is 27.5 Å². The maximum atomic E-state index is 13.0.